The molecule has 148 valence electrons. The maximum atomic E-state index is 12.3. The van der Waals surface area contributed by atoms with Crippen LogP contribution in [-0.4, -0.2) is 27.6 Å². The molecule has 3 aromatic heterocycles. The van der Waals surface area contributed by atoms with Crippen LogP contribution in [-0.2, 0) is 11.3 Å². The molecule has 6 heteroatoms. The van der Waals surface area contributed by atoms with Crippen LogP contribution in [0.25, 0.3) is 10.9 Å². The molecule has 1 aliphatic rings. The van der Waals surface area contributed by atoms with Crippen molar-refractivity contribution in [1.29, 1.82) is 0 Å². The molecule has 0 spiro atoms. The van der Waals surface area contributed by atoms with Crippen LogP contribution in [0.2, 0.25) is 0 Å². The number of nitrogens with one attached hydrogen (secondary N) is 1. The highest BCUT2D eigenvalue weighted by Crippen LogP contribution is 2.32. The lowest BCUT2D eigenvalue weighted by Gasteiger charge is -2.12. The first-order chi connectivity index (χ1) is 14.7. The van der Waals surface area contributed by atoms with E-state index in [9.17, 15) is 4.79 Å². The first-order valence-corrected chi connectivity index (χ1v) is 9.74. The molecule has 1 N–H and O–H groups in total. The number of hydrogen-bond donors (Lipinski definition) is 1. The Morgan fingerprint density at radius 3 is 2.80 bits per heavy atom. The molecule has 0 atom stereocenters. The lowest BCUT2D eigenvalue weighted by molar-refractivity contribution is 0.0601. The molecule has 0 amide bonds. The Kier molecular flexibility index (Phi) is 4.52. The fourth-order valence-corrected chi connectivity index (χ4v) is 3.52. The van der Waals surface area contributed by atoms with Gasteiger partial charge in [0, 0.05) is 41.1 Å². The lowest BCUT2D eigenvalue weighted by atomic mass is 10.1. The molecule has 0 bridgehead atoms. The molecule has 1 aromatic carbocycles. The quantitative estimate of drug-likeness (QED) is 0.379. The zero-order valence-electron chi connectivity index (χ0n) is 16.4. The van der Waals surface area contributed by atoms with Crippen molar-refractivity contribution in [3.05, 3.63) is 96.1 Å². The number of hydrogen-bond acceptors (Lipinski definition) is 5. The monoisotopic (exact) mass is 396 g/mol. The van der Waals surface area contributed by atoms with Crippen LogP contribution in [0.15, 0.2) is 79.3 Å². The van der Waals surface area contributed by atoms with Crippen LogP contribution in [0.3, 0.4) is 0 Å². The number of allylic oxidation sites excluding steroid dienone is 2. The smallest absolute Gasteiger partial charge is 0.341 e. The van der Waals surface area contributed by atoms with E-state index in [1.807, 2.05) is 36.4 Å². The minimum atomic E-state index is -0.407. The lowest BCUT2D eigenvalue weighted by Crippen LogP contribution is -2.08. The SMILES string of the molecule is COC(=O)c1cc(C2C=C2)cnc1Nc1ccc2c(ccn2Cc2ccccn2)c1. The number of pyridine rings is 2. The summed E-state index contributed by atoms with van der Waals surface area (Å²) in [5.41, 5.74) is 4.39. The van der Waals surface area contributed by atoms with Gasteiger partial charge in [0.15, 0.2) is 0 Å². The van der Waals surface area contributed by atoms with Crippen molar-refractivity contribution in [2.75, 3.05) is 12.4 Å². The number of carbonyl (C=O) groups is 1. The number of anilines is 2. The molecule has 0 radical (unpaired) electrons. The summed E-state index contributed by atoms with van der Waals surface area (Å²) in [6.45, 7) is 0.710. The highest BCUT2D eigenvalue weighted by Gasteiger charge is 2.20. The van der Waals surface area contributed by atoms with E-state index < -0.39 is 5.97 Å². The zero-order chi connectivity index (χ0) is 20.5. The molecular weight excluding hydrogens is 376 g/mol. The third-order valence-corrected chi connectivity index (χ3v) is 5.18. The van der Waals surface area contributed by atoms with Gasteiger partial charge in [0.2, 0.25) is 0 Å². The summed E-state index contributed by atoms with van der Waals surface area (Å²) in [5, 5.41) is 4.36. The number of aromatic nitrogens is 3. The second kappa shape index (κ2) is 7.48. The van der Waals surface area contributed by atoms with Crippen LogP contribution in [0.4, 0.5) is 11.5 Å². The minimum Gasteiger partial charge on any atom is -0.465 e. The second-order valence-corrected chi connectivity index (χ2v) is 7.23. The summed E-state index contributed by atoms with van der Waals surface area (Å²) in [5.74, 6) is 0.346. The predicted octanol–water partition coefficient (Wildman–Crippen LogP) is 4.66. The van der Waals surface area contributed by atoms with Crippen molar-refractivity contribution in [2.45, 2.75) is 12.5 Å². The normalized spacial score (nSPS) is 12.8. The second-order valence-electron chi connectivity index (χ2n) is 7.23. The molecular formula is C24H20N4O2. The topological polar surface area (TPSA) is 69.0 Å². The van der Waals surface area contributed by atoms with Gasteiger partial charge in [-0.1, -0.05) is 18.2 Å². The van der Waals surface area contributed by atoms with Gasteiger partial charge < -0.3 is 14.6 Å². The maximum Gasteiger partial charge on any atom is 0.341 e. The van der Waals surface area contributed by atoms with Crippen molar-refractivity contribution >= 4 is 28.4 Å². The van der Waals surface area contributed by atoms with E-state index in [4.69, 9.17) is 4.74 Å². The summed E-state index contributed by atoms with van der Waals surface area (Å²) in [6.07, 6.45) is 9.78. The largest absolute Gasteiger partial charge is 0.465 e. The van der Waals surface area contributed by atoms with Gasteiger partial charge in [-0.15, -0.1) is 0 Å². The summed E-state index contributed by atoms with van der Waals surface area (Å²) < 4.78 is 7.12. The predicted molar refractivity (Wildman–Crippen MR) is 116 cm³/mol. The fourth-order valence-electron chi connectivity index (χ4n) is 3.52. The maximum absolute atomic E-state index is 12.3. The average Bonchev–Trinajstić information content (AvgIpc) is 3.56. The number of ether oxygens (including phenoxy) is 1. The van der Waals surface area contributed by atoms with Crippen molar-refractivity contribution in [2.24, 2.45) is 0 Å². The van der Waals surface area contributed by atoms with Gasteiger partial charge in [0.1, 0.15) is 11.4 Å². The Hall–Kier alpha value is -3.93. The first-order valence-electron chi connectivity index (χ1n) is 9.74. The van der Waals surface area contributed by atoms with Gasteiger partial charge in [0.05, 0.1) is 19.3 Å². The van der Waals surface area contributed by atoms with Crippen molar-refractivity contribution in [1.82, 2.24) is 14.5 Å². The number of fused-ring (bicyclic) bond motifs is 1. The first kappa shape index (κ1) is 18.1. The van der Waals surface area contributed by atoms with Gasteiger partial charge in [-0.05, 0) is 48.0 Å². The molecule has 5 rings (SSSR count). The van der Waals surface area contributed by atoms with Crippen LogP contribution < -0.4 is 5.32 Å². The summed E-state index contributed by atoms with van der Waals surface area (Å²) in [7, 11) is 1.38. The van der Waals surface area contributed by atoms with Gasteiger partial charge in [-0.2, -0.15) is 0 Å². The standard InChI is InChI=1S/C24H20N4O2/c1-30-24(29)21-13-18(16-5-6-16)14-26-23(21)27-19-7-8-22-17(12-19)9-11-28(22)15-20-4-2-3-10-25-20/h2-14,16H,15H2,1H3,(H,26,27). The molecule has 0 unspecified atom stereocenters. The number of methoxy groups -OCH3 is 1. The molecule has 30 heavy (non-hydrogen) atoms. The molecule has 1 aliphatic carbocycles. The highest BCUT2D eigenvalue weighted by molar-refractivity contribution is 5.96. The number of carbonyl (C=O) groups excluding carboxylic acids is 1. The average molecular weight is 396 g/mol. The zero-order valence-corrected chi connectivity index (χ0v) is 16.4. The van der Waals surface area contributed by atoms with Gasteiger partial charge >= 0.3 is 5.97 Å². The third-order valence-electron chi connectivity index (χ3n) is 5.18. The summed E-state index contributed by atoms with van der Waals surface area (Å²) in [4.78, 5) is 21.2. The van der Waals surface area contributed by atoms with Gasteiger partial charge in [-0.25, -0.2) is 9.78 Å². The van der Waals surface area contributed by atoms with Crippen molar-refractivity contribution < 1.29 is 9.53 Å². The number of esters is 1. The summed E-state index contributed by atoms with van der Waals surface area (Å²) in [6, 6.07) is 15.9. The van der Waals surface area contributed by atoms with Gasteiger partial charge in [0.25, 0.3) is 0 Å². The number of benzene rings is 1. The van der Waals surface area contributed by atoms with E-state index in [0.29, 0.717) is 17.9 Å². The number of rotatable bonds is 6. The molecule has 3 heterocycles. The Morgan fingerprint density at radius 1 is 1.13 bits per heavy atom. The Labute approximate surface area is 173 Å². The van der Waals surface area contributed by atoms with E-state index in [0.717, 1.165) is 27.8 Å². The van der Waals surface area contributed by atoms with Crippen molar-refractivity contribution in [3.8, 4) is 0 Å². The third kappa shape index (κ3) is 3.55. The van der Waals surface area contributed by atoms with E-state index in [-0.39, 0.29) is 5.92 Å². The Balaban J connectivity index is 1.42. The van der Waals surface area contributed by atoms with Crippen LogP contribution in [0.1, 0.15) is 27.5 Å². The van der Waals surface area contributed by atoms with Crippen LogP contribution in [0.5, 0.6) is 0 Å². The van der Waals surface area contributed by atoms with E-state index >= 15 is 0 Å². The molecule has 0 fully saturated rings. The van der Waals surface area contributed by atoms with Crippen molar-refractivity contribution in [3.63, 3.8) is 0 Å². The molecule has 0 saturated carbocycles. The van der Waals surface area contributed by atoms with E-state index in [2.05, 4.69) is 50.3 Å². The van der Waals surface area contributed by atoms with E-state index in [1.54, 1.807) is 12.4 Å². The molecule has 0 saturated heterocycles. The highest BCUT2D eigenvalue weighted by atomic mass is 16.5. The fraction of sp³-hybridized carbons (Fsp3) is 0.125. The molecule has 6 nitrogen and oxygen atoms in total. The molecule has 4 aromatic rings. The summed E-state index contributed by atoms with van der Waals surface area (Å²) >= 11 is 0. The van der Waals surface area contributed by atoms with Gasteiger partial charge in [-0.3, -0.25) is 4.98 Å². The van der Waals surface area contributed by atoms with Crippen LogP contribution in [0, 0.1) is 0 Å². The molecule has 0 aliphatic heterocycles. The minimum absolute atomic E-state index is 0.269. The Morgan fingerprint density at radius 2 is 2.03 bits per heavy atom. The number of nitrogens with zero attached hydrogens (tertiary/aromatic N) is 3. The van der Waals surface area contributed by atoms with E-state index in [1.165, 1.54) is 7.11 Å². The Bertz CT molecular complexity index is 1250. The van der Waals surface area contributed by atoms with Crippen LogP contribution >= 0.6 is 0 Å².